The minimum Gasteiger partial charge on any atom is -0.342 e. The number of nitrogens with zero attached hydrogens (tertiary/aromatic N) is 4. The van der Waals surface area contributed by atoms with Crippen LogP contribution in [0.4, 0.5) is 5.69 Å². The molecule has 0 bridgehead atoms. The van der Waals surface area contributed by atoms with E-state index in [0.717, 1.165) is 60.2 Å². The Labute approximate surface area is 234 Å². The molecule has 204 valence electrons. The van der Waals surface area contributed by atoms with Crippen molar-refractivity contribution < 1.29 is 9.59 Å². The van der Waals surface area contributed by atoms with Gasteiger partial charge in [0, 0.05) is 54.7 Å². The van der Waals surface area contributed by atoms with Crippen molar-refractivity contribution in [2.45, 2.75) is 32.6 Å². The number of carbonyl (C=O) groups is 2. The first-order valence-electron chi connectivity index (χ1n) is 14.0. The van der Waals surface area contributed by atoms with Crippen molar-refractivity contribution in [1.29, 1.82) is 0 Å². The van der Waals surface area contributed by atoms with Crippen LogP contribution in [0.5, 0.6) is 0 Å². The minimum atomic E-state index is -0.981. The topological polar surface area (TPSA) is 94.2 Å². The molecule has 0 radical (unpaired) electrons. The van der Waals surface area contributed by atoms with Gasteiger partial charge in [0.05, 0.1) is 12.1 Å². The zero-order valence-electron chi connectivity index (χ0n) is 22.8. The summed E-state index contributed by atoms with van der Waals surface area (Å²) in [5.41, 5.74) is 4.63. The molecule has 8 heteroatoms. The highest BCUT2D eigenvalue weighted by Crippen LogP contribution is 2.34. The van der Waals surface area contributed by atoms with Gasteiger partial charge in [0.25, 0.3) is 0 Å². The number of terminal acetylenes is 1. The zero-order chi connectivity index (χ0) is 27.7. The van der Waals surface area contributed by atoms with Gasteiger partial charge in [-0.2, -0.15) is 5.10 Å². The lowest BCUT2D eigenvalue weighted by molar-refractivity contribution is -0.133. The van der Waals surface area contributed by atoms with Crippen molar-refractivity contribution in [2.75, 3.05) is 38.0 Å². The molecule has 2 aromatic heterocycles. The van der Waals surface area contributed by atoms with Gasteiger partial charge in [-0.1, -0.05) is 24.1 Å². The van der Waals surface area contributed by atoms with Crippen LogP contribution in [0.3, 0.4) is 0 Å². The van der Waals surface area contributed by atoms with Crippen molar-refractivity contribution >= 4 is 28.4 Å². The molecule has 3 aromatic rings. The zero-order valence-corrected chi connectivity index (χ0v) is 22.8. The lowest BCUT2D eigenvalue weighted by Gasteiger charge is -2.33. The fourth-order valence-electron chi connectivity index (χ4n) is 6.18. The van der Waals surface area contributed by atoms with Gasteiger partial charge in [0.1, 0.15) is 11.1 Å². The van der Waals surface area contributed by atoms with Gasteiger partial charge in [-0.15, -0.1) is 6.42 Å². The molecule has 1 atom stereocenters. The SMILES string of the molecule is C#CC1(C(=O)Nc2ccc3[nH]nc(-c4ccnc(C)c4)c3c2)CCN(CC(=O)N2CCC(C3=CCC=C3)CC2)C1. The number of benzene rings is 1. The van der Waals surface area contributed by atoms with Crippen LogP contribution >= 0.6 is 0 Å². The molecule has 40 heavy (non-hydrogen) atoms. The Bertz CT molecular complexity index is 1550. The second-order valence-electron chi connectivity index (χ2n) is 11.2. The summed E-state index contributed by atoms with van der Waals surface area (Å²) in [5, 5.41) is 11.5. The first-order chi connectivity index (χ1) is 19.4. The molecule has 2 amide bonds. The molecule has 2 saturated heterocycles. The summed E-state index contributed by atoms with van der Waals surface area (Å²) in [4.78, 5) is 34.9. The molecule has 8 nitrogen and oxygen atoms in total. The smallest absolute Gasteiger partial charge is 0.244 e. The summed E-state index contributed by atoms with van der Waals surface area (Å²) >= 11 is 0. The first kappa shape index (κ1) is 26.0. The Morgan fingerprint density at radius 3 is 2.80 bits per heavy atom. The number of piperidine rings is 1. The minimum absolute atomic E-state index is 0.118. The number of hydrogen-bond acceptors (Lipinski definition) is 5. The summed E-state index contributed by atoms with van der Waals surface area (Å²) < 4.78 is 0. The Kier molecular flexibility index (Phi) is 6.99. The monoisotopic (exact) mass is 534 g/mol. The van der Waals surface area contributed by atoms with E-state index in [9.17, 15) is 9.59 Å². The number of allylic oxidation sites excluding steroid dienone is 4. The standard InChI is InChI=1S/C32H34N6O2/c1-3-32(13-17-37(21-32)20-29(39)38-15-11-24(12-16-38)23-6-4-5-7-23)31(40)34-26-8-9-28-27(19-26)30(36-35-28)25-10-14-33-22(2)18-25/h1,4,6-10,14,18-19,24H,5,11-13,15-17,20-21H2,2H3,(H,34,40)(H,35,36). The third-order valence-electron chi connectivity index (χ3n) is 8.53. The second kappa shape index (κ2) is 10.7. The number of aryl methyl sites for hydroxylation is 1. The number of amides is 2. The predicted molar refractivity (Wildman–Crippen MR) is 156 cm³/mol. The molecule has 0 saturated carbocycles. The second-order valence-corrected chi connectivity index (χ2v) is 11.2. The molecule has 3 aliphatic rings. The van der Waals surface area contributed by atoms with E-state index in [-0.39, 0.29) is 11.8 Å². The van der Waals surface area contributed by atoms with Gasteiger partial charge in [-0.05, 0) is 74.4 Å². The maximum atomic E-state index is 13.5. The molecule has 1 unspecified atom stereocenters. The number of likely N-dealkylation sites (tertiary alicyclic amines) is 2. The molecule has 2 fully saturated rings. The van der Waals surface area contributed by atoms with Gasteiger partial charge in [-0.3, -0.25) is 24.6 Å². The molecular formula is C32H34N6O2. The Balaban J connectivity index is 1.09. The highest BCUT2D eigenvalue weighted by molar-refractivity contribution is 6.01. The predicted octanol–water partition coefficient (Wildman–Crippen LogP) is 4.32. The van der Waals surface area contributed by atoms with Gasteiger partial charge in [-0.25, -0.2) is 0 Å². The third kappa shape index (κ3) is 5.05. The number of aromatic nitrogens is 3. The van der Waals surface area contributed by atoms with Crippen molar-refractivity contribution in [3.8, 4) is 23.6 Å². The van der Waals surface area contributed by atoms with Crippen LogP contribution in [0.25, 0.3) is 22.2 Å². The average Bonchev–Trinajstić information content (AvgIpc) is 3.73. The van der Waals surface area contributed by atoms with Crippen molar-refractivity contribution in [2.24, 2.45) is 11.3 Å². The van der Waals surface area contributed by atoms with Gasteiger partial charge in [0.15, 0.2) is 0 Å². The van der Waals surface area contributed by atoms with E-state index in [0.29, 0.717) is 37.7 Å². The highest BCUT2D eigenvalue weighted by Gasteiger charge is 2.44. The maximum absolute atomic E-state index is 13.5. The highest BCUT2D eigenvalue weighted by atomic mass is 16.2. The number of pyridine rings is 1. The van der Waals surface area contributed by atoms with Crippen LogP contribution in [0.15, 0.2) is 60.3 Å². The van der Waals surface area contributed by atoms with Crippen LogP contribution in [-0.4, -0.2) is 69.5 Å². The summed E-state index contributed by atoms with van der Waals surface area (Å²) in [6.45, 7) is 4.77. The molecule has 0 spiro atoms. The number of fused-ring (bicyclic) bond motifs is 1. The van der Waals surface area contributed by atoms with E-state index < -0.39 is 5.41 Å². The average molecular weight is 535 g/mol. The van der Waals surface area contributed by atoms with Crippen LogP contribution in [-0.2, 0) is 9.59 Å². The van der Waals surface area contributed by atoms with E-state index >= 15 is 0 Å². The summed E-state index contributed by atoms with van der Waals surface area (Å²) in [7, 11) is 0. The van der Waals surface area contributed by atoms with Crippen LogP contribution in [0, 0.1) is 30.6 Å². The van der Waals surface area contributed by atoms with Gasteiger partial charge >= 0.3 is 0 Å². The molecule has 1 aromatic carbocycles. The largest absolute Gasteiger partial charge is 0.342 e. The Hall–Kier alpha value is -4.22. The summed E-state index contributed by atoms with van der Waals surface area (Å²) in [5.74, 6) is 3.23. The fourth-order valence-corrected chi connectivity index (χ4v) is 6.18. The van der Waals surface area contributed by atoms with Crippen LogP contribution in [0.1, 0.15) is 31.4 Å². The van der Waals surface area contributed by atoms with Crippen molar-refractivity contribution in [3.05, 3.63) is 66.0 Å². The summed E-state index contributed by atoms with van der Waals surface area (Å²) in [6, 6.07) is 9.57. The van der Waals surface area contributed by atoms with Gasteiger partial charge < -0.3 is 10.2 Å². The number of H-pyrrole nitrogens is 1. The lowest BCUT2D eigenvalue weighted by atomic mass is 9.87. The van der Waals surface area contributed by atoms with E-state index in [4.69, 9.17) is 6.42 Å². The third-order valence-corrected chi connectivity index (χ3v) is 8.53. The van der Waals surface area contributed by atoms with Crippen molar-refractivity contribution in [3.63, 3.8) is 0 Å². The molecular weight excluding hydrogens is 500 g/mol. The lowest BCUT2D eigenvalue weighted by Crippen LogP contribution is -2.45. The maximum Gasteiger partial charge on any atom is 0.244 e. The molecule has 2 N–H and O–H groups in total. The fraction of sp³-hybridized carbons (Fsp3) is 0.375. The van der Waals surface area contributed by atoms with E-state index in [1.807, 2.05) is 47.1 Å². The van der Waals surface area contributed by atoms with E-state index in [1.165, 1.54) is 5.57 Å². The quantitative estimate of drug-likeness (QED) is 0.460. The molecule has 4 heterocycles. The van der Waals surface area contributed by atoms with Crippen molar-refractivity contribution in [1.82, 2.24) is 25.0 Å². The number of hydrogen-bond donors (Lipinski definition) is 2. The van der Waals surface area contributed by atoms with Crippen LogP contribution in [0.2, 0.25) is 0 Å². The van der Waals surface area contributed by atoms with E-state index in [2.05, 4.69) is 44.6 Å². The Morgan fingerprint density at radius 1 is 1.20 bits per heavy atom. The molecule has 6 rings (SSSR count). The van der Waals surface area contributed by atoms with Crippen LogP contribution < -0.4 is 5.32 Å². The van der Waals surface area contributed by atoms with Gasteiger partial charge in [0.2, 0.25) is 11.8 Å². The first-order valence-corrected chi connectivity index (χ1v) is 14.0. The molecule has 1 aliphatic carbocycles. The number of aromatic amines is 1. The number of anilines is 1. The molecule has 2 aliphatic heterocycles. The normalized spacial score (nSPS) is 21.5. The number of rotatable bonds is 6. The number of nitrogens with one attached hydrogen (secondary N) is 2. The summed E-state index contributed by atoms with van der Waals surface area (Å²) in [6.07, 6.45) is 18.0. The Morgan fingerprint density at radius 2 is 2.05 bits per heavy atom. The number of carbonyl (C=O) groups excluding carboxylic acids is 2. The van der Waals surface area contributed by atoms with E-state index in [1.54, 1.807) is 6.20 Å².